The summed E-state index contributed by atoms with van der Waals surface area (Å²) in [6, 6.07) is 6.64. The third kappa shape index (κ3) is 5.61. The topological polar surface area (TPSA) is 128 Å². The van der Waals surface area contributed by atoms with E-state index >= 15 is 0 Å². The highest BCUT2D eigenvalue weighted by Gasteiger charge is 2.18. The fourth-order valence-electron chi connectivity index (χ4n) is 3.06. The Balaban J connectivity index is 1.58. The molecule has 29 heavy (non-hydrogen) atoms. The molecule has 156 valence electrons. The van der Waals surface area contributed by atoms with E-state index in [1.54, 1.807) is 13.0 Å². The molecule has 10 nitrogen and oxygen atoms in total. The average molecular weight is 421 g/mol. The van der Waals surface area contributed by atoms with Gasteiger partial charge in [-0.2, -0.15) is 4.98 Å². The third-order valence-corrected chi connectivity index (χ3v) is 5.92. The largest absolute Gasteiger partial charge is 0.476 e. The third-order valence-electron chi connectivity index (χ3n) is 4.46. The van der Waals surface area contributed by atoms with Crippen LogP contribution in [0.15, 0.2) is 35.2 Å². The van der Waals surface area contributed by atoms with Crippen LogP contribution >= 0.6 is 0 Å². The molecule has 0 spiro atoms. The number of nitrogens with zero attached hydrogens (tertiary/aromatic N) is 4. The van der Waals surface area contributed by atoms with Crippen LogP contribution in [0.1, 0.15) is 25.1 Å². The molecular weight excluding hydrogens is 398 g/mol. The van der Waals surface area contributed by atoms with E-state index in [1.807, 2.05) is 0 Å². The SMILES string of the molecule is Cc1nc(OCCNS(=O)(=O)c2cccc([N+](=O)[O-])c2)cc(N2CCCCC2)n1. The van der Waals surface area contributed by atoms with Gasteiger partial charge in [0.25, 0.3) is 5.69 Å². The molecule has 0 amide bonds. The molecule has 1 aliphatic heterocycles. The van der Waals surface area contributed by atoms with E-state index < -0.39 is 14.9 Å². The van der Waals surface area contributed by atoms with Gasteiger partial charge in [-0.1, -0.05) is 6.07 Å². The number of benzene rings is 1. The number of sulfonamides is 1. The fourth-order valence-corrected chi connectivity index (χ4v) is 4.12. The molecule has 0 bridgehead atoms. The summed E-state index contributed by atoms with van der Waals surface area (Å²) in [5, 5.41) is 10.8. The van der Waals surface area contributed by atoms with Crippen molar-refractivity contribution in [3.05, 3.63) is 46.3 Å². The number of aromatic nitrogens is 2. The van der Waals surface area contributed by atoms with Crippen LogP contribution < -0.4 is 14.4 Å². The second-order valence-electron chi connectivity index (χ2n) is 6.66. The van der Waals surface area contributed by atoms with Crippen LogP contribution in [0.3, 0.4) is 0 Å². The highest BCUT2D eigenvalue weighted by molar-refractivity contribution is 7.89. The molecule has 0 saturated carbocycles. The molecule has 1 fully saturated rings. The highest BCUT2D eigenvalue weighted by atomic mass is 32.2. The molecule has 1 aromatic heterocycles. The molecule has 0 atom stereocenters. The van der Waals surface area contributed by atoms with Gasteiger partial charge in [0.05, 0.1) is 9.82 Å². The second kappa shape index (κ2) is 9.14. The van der Waals surface area contributed by atoms with Gasteiger partial charge < -0.3 is 9.64 Å². The summed E-state index contributed by atoms with van der Waals surface area (Å²) >= 11 is 0. The number of anilines is 1. The summed E-state index contributed by atoms with van der Waals surface area (Å²) in [6.45, 7) is 3.72. The number of hydrogen-bond donors (Lipinski definition) is 1. The molecule has 0 radical (unpaired) electrons. The average Bonchev–Trinajstić information content (AvgIpc) is 2.71. The standard InChI is InChI=1S/C18H23N5O5S/c1-14-20-17(22-9-3-2-4-10-22)13-18(21-14)28-11-8-19-29(26,27)16-7-5-6-15(12-16)23(24)25/h5-7,12-13,19H,2-4,8-11H2,1H3. The van der Waals surface area contributed by atoms with E-state index in [2.05, 4.69) is 19.6 Å². The number of nitrogens with one attached hydrogen (secondary N) is 1. The molecular formula is C18H23N5O5S. The minimum atomic E-state index is -3.88. The van der Waals surface area contributed by atoms with E-state index in [0.29, 0.717) is 11.7 Å². The van der Waals surface area contributed by atoms with Gasteiger partial charge >= 0.3 is 0 Å². The zero-order valence-corrected chi connectivity index (χ0v) is 16.9. The van der Waals surface area contributed by atoms with Crippen LogP contribution in [0.25, 0.3) is 0 Å². The van der Waals surface area contributed by atoms with E-state index in [4.69, 9.17) is 4.74 Å². The molecule has 2 heterocycles. The highest BCUT2D eigenvalue weighted by Crippen LogP contribution is 2.21. The quantitative estimate of drug-likeness (QED) is 0.390. The van der Waals surface area contributed by atoms with Gasteiger partial charge in [-0.05, 0) is 32.3 Å². The van der Waals surface area contributed by atoms with Crippen molar-refractivity contribution in [3.63, 3.8) is 0 Å². The van der Waals surface area contributed by atoms with E-state index in [9.17, 15) is 18.5 Å². The van der Waals surface area contributed by atoms with E-state index in [1.165, 1.54) is 24.6 Å². The predicted molar refractivity (Wildman–Crippen MR) is 107 cm³/mol. The number of non-ortho nitro benzene ring substituents is 1. The van der Waals surface area contributed by atoms with Crippen molar-refractivity contribution >= 4 is 21.5 Å². The maximum Gasteiger partial charge on any atom is 0.270 e. The monoisotopic (exact) mass is 421 g/mol. The summed E-state index contributed by atoms with van der Waals surface area (Å²) in [4.78, 5) is 20.9. The molecule has 1 aromatic carbocycles. The Kier molecular flexibility index (Phi) is 6.60. The van der Waals surface area contributed by atoms with Gasteiger partial charge in [-0.3, -0.25) is 10.1 Å². The first-order valence-electron chi connectivity index (χ1n) is 9.33. The second-order valence-corrected chi connectivity index (χ2v) is 8.43. The van der Waals surface area contributed by atoms with Crippen molar-refractivity contribution in [1.82, 2.24) is 14.7 Å². The number of hydrogen-bond acceptors (Lipinski definition) is 8. The lowest BCUT2D eigenvalue weighted by molar-refractivity contribution is -0.385. The van der Waals surface area contributed by atoms with Crippen LogP contribution in [0, 0.1) is 17.0 Å². The van der Waals surface area contributed by atoms with Crippen molar-refractivity contribution in [3.8, 4) is 5.88 Å². The first kappa shape index (κ1) is 20.9. The van der Waals surface area contributed by atoms with Crippen LogP contribution in [-0.2, 0) is 10.0 Å². The summed E-state index contributed by atoms with van der Waals surface area (Å²) in [7, 11) is -3.88. The van der Waals surface area contributed by atoms with Gasteiger partial charge in [-0.15, -0.1) is 0 Å². The first-order chi connectivity index (χ1) is 13.8. The molecule has 1 N–H and O–H groups in total. The molecule has 1 aliphatic rings. The van der Waals surface area contributed by atoms with Crippen LogP contribution in [0.5, 0.6) is 5.88 Å². The Hall–Kier alpha value is -2.79. The van der Waals surface area contributed by atoms with E-state index in [0.717, 1.165) is 37.8 Å². The molecule has 0 unspecified atom stereocenters. The van der Waals surface area contributed by atoms with Crippen LogP contribution in [0.4, 0.5) is 11.5 Å². The van der Waals surface area contributed by atoms with Crippen molar-refractivity contribution in [1.29, 1.82) is 0 Å². The molecule has 1 saturated heterocycles. The minimum absolute atomic E-state index is 0.00682. The normalized spacial score (nSPS) is 14.6. The number of aryl methyl sites for hydroxylation is 1. The van der Waals surface area contributed by atoms with E-state index in [-0.39, 0.29) is 23.7 Å². The smallest absolute Gasteiger partial charge is 0.270 e. The molecule has 0 aliphatic carbocycles. The molecule has 3 rings (SSSR count). The number of nitro benzene ring substituents is 1. The summed E-state index contributed by atoms with van der Waals surface area (Å²) in [5.41, 5.74) is -0.286. The van der Waals surface area contributed by atoms with Gasteiger partial charge in [0, 0.05) is 37.8 Å². The molecule has 2 aromatic rings. The predicted octanol–water partition coefficient (Wildman–Crippen LogP) is 2.04. The van der Waals surface area contributed by atoms with Crippen LogP contribution in [0.2, 0.25) is 0 Å². The zero-order valence-electron chi connectivity index (χ0n) is 16.1. The Labute approximate surface area is 169 Å². The van der Waals surface area contributed by atoms with Crippen molar-refractivity contribution in [2.24, 2.45) is 0 Å². The number of nitro groups is 1. The van der Waals surface area contributed by atoms with Crippen molar-refractivity contribution < 1.29 is 18.1 Å². The Morgan fingerprint density at radius 1 is 1.21 bits per heavy atom. The summed E-state index contributed by atoms with van der Waals surface area (Å²) in [6.07, 6.45) is 3.46. The maximum absolute atomic E-state index is 12.3. The van der Waals surface area contributed by atoms with Gasteiger partial charge in [0.1, 0.15) is 18.2 Å². The molecule has 11 heteroatoms. The van der Waals surface area contributed by atoms with Crippen molar-refractivity contribution in [2.45, 2.75) is 31.1 Å². The fraction of sp³-hybridized carbons (Fsp3) is 0.444. The van der Waals surface area contributed by atoms with Gasteiger partial charge in [0.15, 0.2) is 0 Å². The number of piperidine rings is 1. The number of rotatable bonds is 8. The minimum Gasteiger partial charge on any atom is -0.476 e. The van der Waals surface area contributed by atoms with Crippen LogP contribution in [-0.4, -0.2) is 49.6 Å². The Morgan fingerprint density at radius 3 is 2.69 bits per heavy atom. The Morgan fingerprint density at radius 2 is 1.97 bits per heavy atom. The number of ether oxygens (including phenoxy) is 1. The Bertz CT molecular complexity index is 976. The lowest BCUT2D eigenvalue weighted by Crippen LogP contribution is -2.30. The maximum atomic E-state index is 12.3. The lowest BCUT2D eigenvalue weighted by Gasteiger charge is -2.28. The zero-order chi connectivity index (χ0) is 20.9. The lowest BCUT2D eigenvalue weighted by atomic mass is 10.1. The van der Waals surface area contributed by atoms with Crippen molar-refractivity contribution in [2.75, 3.05) is 31.1 Å². The first-order valence-corrected chi connectivity index (χ1v) is 10.8. The summed E-state index contributed by atoms with van der Waals surface area (Å²) in [5.74, 6) is 1.78. The van der Waals surface area contributed by atoms with Gasteiger partial charge in [0.2, 0.25) is 15.9 Å². The van der Waals surface area contributed by atoms with Gasteiger partial charge in [-0.25, -0.2) is 18.1 Å². The summed E-state index contributed by atoms with van der Waals surface area (Å²) < 4.78 is 32.6.